The number of aromatic nitrogens is 2. The molecule has 0 saturated carbocycles. The molecule has 3 aromatic rings. The van der Waals surface area contributed by atoms with Crippen molar-refractivity contribution in [2.45, 2.75) is 20.1 Å². The normalized spacial score (nSPS) is 10.6. The fourth-order valence-electron chi connectivity index (χ4n) is 2.30. The molecule has 0 atom stereocenters. The molecule has 0 aliphatic carbocycles. The van der Waals surface area contributed by atoms with E-state index in [-0.39, 0.29) is 23.7 Å². The number of hydrogen-bond acceptors (Lipinski definition) is 5. The summed E-state index contributed by atoms with van der Waals surface area (Å²) in [6, 6.07) is 10.0. The van der Waals surface area contributed by atoms with Gasteiger partial charge in [-0.05, 0) is 43.3 Å². The van der Waals surface area contributed by atoms with Crippen molar-refractivity contribution in [3.63, 3.8) is 0 Å². The smallest absolute Gasteiger partial charge is 0.291 e. The van der Waals surface area contributed by atoms with Crippen molar-refractivity contribution in [1.29, 1.82) is 0 Å². The van der Waals surface area contributed by atoms with Gasteiger partial charge in [0.15, 0.2) is 11.5 Å². The topological polar surface area (TPSA) is 112 Å². The molecule has 2 aromatic heterocycles. The summed E-state index contributed by atoms with van der Waals surface area (Å²) in [6.07, 6.45) is 1.53. The van der Waals surface area contributed by atoms with Crippen LogP contribution in [0.2, 0.25) is 5.02 Å². The van der Waals surface area contributed by atoms with Crippen molar-refractivity contribution in [3.05, 3.63) is 64.8 Å². The van der Waals surface area contributed by atoms with Crippen molar-refractivity contribution < 1.29 is 18.7 Å². The van der Waals surface area contributed by atoms with Gasteiger partial charge in [-0.25, -0.2) is 0 Å². The van der Waals surface area contributed by atoms with E-state index in [0.717, 1.165) is 0 Å². The summed E-state index contributed by atoms with van der Waals surface area (Å²) in [4.78, 5) is 23.8. The van der Waals surface area contributed by atoms with Crippen LogP contribution in [0.3, 0.4) is 0 Å². The van der Waals surface area contributed by atoms with Crippen LogP contribution in [0.5, 0.6) is 5.75 Å². The van der Waals surface area contributed by atoms with E-state index in [1.165, 1.54) is 16.9 Å². The van der Waals surface area contributed by atoms with E-state index >= 15 is 0 Å². The van der Waals surface area contributed by atoms with Gasteiger partial charge in [-0.3, -0.25) is 14.3 Å². The van der Waals surface area contributed by atoms with Crippen molar-refractivity contribution in [2.75, 3.05) is 5.32 Å². The number of hydrogen-bond donors (Lipinski definition) is 2. The third-order valence-electron chi connectivity index (χ3n) is 3.65. The predicted molar refractivity (Wildman–Crippen MR) is 98.9 cm³/mol. The molecule has 0 unspecified atom stereocenters. The standard InChI is InChI=1S/C18H17ClN4O4/c1-2-23-9-14(16(22-23)17(20)24)21-18(25)15-8-7-13(27-15)10-26-12-5-3-11(19)4-6-12/h3-9H,2,10H2,1H3,(H2,20,24)(H,21,25). The minimum atomic E-state index is -0.728. The number of nitrogens with two attached hydrogens (primary N) is 1. The van der Waals surface area contributed by atoms with Gasteiger partial charge in [0.25, 0.3) is 11.8 Å². The number of aryl methyl sites for hydroxylation is 1. The summed E-state index contributed by atoms with van der Waals surface area (Å²) in [7, 11) is 0. The first kappa shape index (κ1) is 18.5. The Labute approximate surface area is 159 Å². The summed E-state index contributed by atoms with van der Waals surface area (Å²) in [6.45, 7) is 2.53. The lowest BCUT2D eigenvalue weighted by Gasteiger charge is -2.04. The number of nitrogens with one attached hydrogen (secondary N) is 1. The average molecular weight is 389 g/mol. The molecule has 0 radical (unpaired) electrons. The lowest BCUT2D eigenvalue weighted by molar-refractivity contribution is 0.0992. The maximum absolute atomic E-state index is 12.4. The van der Waals surface area contributed by atoms with Crippen LogP contribution in [0.15, 0.2) is 47.0 Å². The Morgan fingerprint density at radius 3 is 2.67 bits per heavy atom. The number of carbonyl (C=O) groups is 2. The molecule has 2 heterocycles. The zero-order valence-electron chi connectivity index (χ0n) is 14.4. The third-order valence-corrected chi connectivity index (χ3v) is 3.90. The first-order chi connectivity index (χ1) is 13.0. The maximum Gasteiger partial charge on any atom is 0.291 e. The number of furan rings is 1. The van der Waals surface area contributed by atoms with Gasteiger partial charge < -0.3 is 20.2 Å². The fourth-order valence-corrected chi connectivity index (χ4v) is 2.43. The van der Waals surface area contributed by atoms with Crippen molar-refractivity contribution >= 4 is 29.1 Å². The predicted octanol–water partition coefficient (Wildman–Crippen LogP) is 3.08. The number of rotatable bonds is 7. The molecule has 0 fully saturated rings. The second-order valence-electron chi connectivity index (χ2n) is 5.57. The molecule has 3 rings (SSSR count). The number of primary amides is 1. The van der Waals surface area contributed by atoms with Gasteiger partial charge in [0, 0.05) is 17.8 Å². The third kappa shape index (κ3) is 4.48. The van der Waals surface area contributed by atoms with Crippen molar-refractivity contribution in [1.82, 2.24) is 9.78 Å². The van der Waals surface area contributed by atoms with E-state index < -0.39 is 11.8 Å². The first-order valence-electron chi connectivity index (χ1n) is 8.12. The van der Waals surface area contributed by atoms with E-state index in [1.54, 1.807) is 30.3 Å². The van der Waals surface area contributed by atoms with Gasteiger partial charge in [0.05, 0.1) is 5.69 Å². The molecule has 0 saturated heterocycles. The number of anilines is 1. The van der Waals surface area contributed by atoms with Crippen LogP contribution in [0.25, 0.3) is 0 Å². The van der Waals surface area contributed by atoms with E-state index in [2.05, 4.69) is 10.4 Å². The van der Waals surface area contributed by atoms with Crippen LogP contribution >= 0.6 is 11.6 Å². The molecular weight excluding hydrogens is 372 g/mol. The molecule has 2 amide bonds. The monoisotopic (exact) mass is 388 g/mol. The number of amides is 2. The molecule has 3 N–H and O–H groups in total. The molecule has 0 spiro atoms. The highest BCUT2D eigenvalue weighted by Gasteiger charge is 2.18. The lowest BCUT2D eigenvalue weighted by atomic mass is 10.3. The number of nitrogens with zero attached hydrogens (tertiary/aromatic N) is 2. The maximum atomic E-state index is 12.4. The number of ether oxygens (including phenoxy) is 1. The minimum Gasteiger partial charge on any atom is -0.486 e. The Hall–Kier alpha value is -3.26. The Morgan fingerprint density at radius 2 is 2.00 bits per heavy atom. The molecule has 8 nitrogen and oxygen atoms in total. The van der Waals surface area contributed by atoms with Crippen LogP contribution in [0, 0.1) is 0 Å². The lowest BCUT2D eigenvalue weighted by Crippen LogP contribution is -2.17. The Morgan fingerprint density at radius 1 is 1.26 bits per heavy atom. The summed E-state index contributed by atoms with van der Waals surface area (Å²) >= 11 is 5.82. The van der Waals surface area contributed by atoms with Crippen molar-refractivity contribution in [3.8, 4) is 5.75 Å². The summed E-state index contributed by atoms with van der Waals surface area (Å²) in [5.41, 5.74) is 5.51. The molecular formula is C18H17ClN4O4. The molecule has 140 valence electrons. The summed E-state index contributed by atoms with van der Waals surface area (Å²) in [5, 5.41) is 7.21. The quantitative estimate of drug-likeness (QED) is 0.645. The molecule has 0 aliphatic heterocycles. The largest absolute Gasteiger partial charge is 0.486 e. The van der Waals surface area contributed by atoms with E-state index in [0.29, 0.717) is 23.1 Å². The van der Waals surface area contributed by atoms with Gasteiger partial charge in [0.2, 0.25) is 0 Å². The number of benzene rings is 1. The highest BCUT2D eigenvalue weighted by molar-refractivity contribution is 6.30. The SMILES string of the molecule is CCn1cc(NC(=O)c2ccc(COc3ccc(Cl)cc3)o2)c(C(N)=O)n1. The van der Waals surface area contributed by atoms with Gasteiger partial charge in [-0.15, -0.1) is 0 Å². The molecule has 0 aliphatic rings. The Balaban J connectivity index is 1.65. The van der Waals surface area contributed by atoms with Crippen molar-refractivity contribution in [2.24, 2.45) is 5.73 Å². The second-order valence-corrected chi connectivity index (χ2v) is 6.01. The summed E-state index contributed by atoms with van der Waals surface area (Å²) < 4.78 is 12.6. The highest BCUT2D eigenvalue weighted by Crippen LogP contribution is 2.19. The van der Waals surface area contributed by atoms with Crippen LogP contribution in [0.4, 0.5) is 5.69 Å². The number of carbonyl (C=O) groups excluding carboxylic acids is 2. The Kier molecular flexibility index (Phi) is 5.46. The van der Waals surface area contributed by atoms with Crippen LogP contribution in [0.1, 0.15) is 33.7 Å². The average Bonchev–Trinajstić information content (AvgIpc) is 3.28. The zero-order chi connectivity index (χ0) is 19.4. The molecule has 27 heavy (non-hydrogen) atoms. The molecule has 0 bridgehead atoms. The van der Waals surface area contributed by atoms with E-state index in [1.807, 2.05) is 6.92 Å². The molecule has 1 aromatic carbocycles. The van der Waals surface area contributed by atoms with Gasteiger partial charge >= 0.3 is 0 Å². The van der Waals surface area contributed by atoms with Crippen LogP contribution in [-0.2, 0) is 13.2 Å². The van der Waals surface area contributed by atoms with Crippen LogP contribution in [-0.4, -0.2) is 21.6 Å². The zero-order valence-corrected chi connectivity index (χ0v) is 15.2. The first-order valence-corrected chi connectivity index (χ1v) is 8.49. The fraction of sp³-hybridized carbons (Fsp3) is 0.167. The van der Waals surface area contributed by atoms with E-state index in [9.17, 15) is 9.59 Å². The second kappa shape index (κ2) is 7.96. The summed E-state index contributed by atoms with van der Waals surface area (Å²) in [5.74, 6) is -0.0846. The van der Waals surface area contributed by atoms with Crippen LogP contribution < -0.4 is 15.8 Å². The molecule has 9 heteroatoms. The highest BCUT2D eigenvalue weighted by atomic mass is 35.5. The Bertz CT molecular complexity index is 962. The minimum absolute atomic E-state index is 0.0111. The van der Waals surface area contributed by atoms with E-state index in [4.69, 9.17) is 26.5 Å². The van der Waals surface area contributed by atoms with Gasteiger partial charge in [-0.2, -0.15) is 5.10 Å². The van der Waals surface area contributed by atoms with Gasteiger partial charge in [-0.1, -0.05) is 11.6 Å². The van der Waals surface area contributed by atoms with Gasteiger partial charge in [0.1, 0.15) is 18.1 Å². The number of halogens is 1.